The maximum absolute atomic E-state index is 11.4. The Kier molecular flexibility index (Phi) is 3.28. The fraction of sp³-hybridized carbons (Fsp3) is 0.438. The molecule has 1 N–H and O–H groups in total. The van der Waals surface area contributed by atoms with Gasteiger partial charge in [0.05, 0.1) is 0 Å². The largest absolute Gasteiger partial charge is 0.462 e. The number of rotatable bonds is 2. The summed E-state index contributed by atoms with van der Waals surface area (Å²) < 4.78 is 5.51. The van der Waals surface area contributed by atoms with Crippen molar-refractivity contribution in [2.75, 3.05) is 0 Å². The van der Waals surface area contributed by atoms with E-state index in [9.17, 15) is 4.79 Å². The highest BCUT2D eigenvalue weighted by Gasteiger charge is 2.28. The van der Waals surface area contributed by atoms with Crippen LogP contribution in [0.2, 0.25) is 0 Å². The third-order valence-corrected chi connectivity index (χ3v) is 3.98. The van der Waals surface area contributed by atoms with Gasteiger partial charge < -0.3 is 10.1 Å². The van der Waals surface area contributed by atoms with Crippen molar-refractivity contribution in [3.63, 3.8) is 0 Å². The standard InChI is InChI=1S/C16H19NO2/c1-2-16(18)19-12-7-8-15-14(9-12)13-6-4-3-5-11(13)10-17-15/h3-6,10,12,15,17H,2,7-9H2,1H3. The Balaban J connectivity index is 1.92. The molecule has 2 atom stereocenters. The number of carbonyl (C=O) groups is 1. The molecule has 1 aromatic rings. The third kappa shape index (κ3) is 2.37. The molecule has 1 aliphatic carbocycles. The summed E-state index contributed by atoms with van der Waals surface area (Å²) in [7, 11) is 0. The highest BCUT2D eigenvalue weighted by Crippen LogP contribution is 2.27. The molecule has 1 saturated carbocycles. The Hall–Kier alpha value is -1.77. The zero-order valence-corrected chi connectivity index (χ0v) is 11.2. The molecule has 0 spiro atoms. The van der Waals surface area contributed by atoms with Crippen LogP contribution >= 0.6 is 0 Å². The summed E-state index contributed by atoms with van der Waals surface area (Å²) in [6.45, 7) is 1.84. The molecule has 2 aliphatic rings. The number of ether oxygens (including phenoxy) is 1. The number of fused-ring (bicyclic) bond motifs is 2. The van der Waals surface area contributed by atoms with Gasteiger partial charge in [0.15, 0.2) is 0 Å². The first-order valence-electron chi connectivity index (χ1n) is 7.01. The first-order valence-corrected chi connectivity index (χ1v) is 7.01. The van der Waals surface area contributed by atoms with Gasteiger partial charge in [0.1, 0.15) is 6.10 Å². The predicted molar refractivity (Wildman–Crippen MR) is 74.5 cm³/mol. The molecule has 2 unspecified atom stereocenters. The van der Waals surface area contributed by atoms with Crippen LogP contribution in [-0.2, 0) is 9.53 Å². The SMILES string of the molecule is CCC(=O)OC1CCC2NC=c3ccccc3=C2C1. The molecule has 0 amide bonds. The number of hydrogen-bond acceptors (Lipinski definition) is 3. The number of hydrogen-bond donors (Lipinski definition) is 1. The van der Waals surface area contributed by atoms with Crippen LogP contribution in [0.25, 0.3) is 11.8 Å². The van der Waals surface area contributed by atoms with E-state index < -0.39 is 0 Å². The van der Waals surface area contributed by atoms with E-state index in [4.69, 9.17) is 4.74 Å². The molecule has 1 aliphatic heterocycles. The fourth-order valence-electron chi connectivity index (χ4n) is 2.97. The topological polar surface area (TPSA) is 38.3 Å². The van der Waals surface area contributed by atoms with Crippen molar-refractivity contribution in [1.29, 1.82) is 0 Å². The monoisotopic (exact) mass is 257 g/mol. The lowest BCUT2D eigenvalue weighted by atomic mass is 9.85. The summed E-state index contributed by atoms with van der Waals surface area (Å²) >= 11 is 0. The highest BCUT2D eigenvalue weighted by atomic mass is 16.5. The van der Waals surface area contributed by atoms with Crippen LogP contribution in [0.5, 0.6) is 0 Å². The van der Waals surface area contributed by atoms with Crippen molar-refractivity contribution in [1.82, 2.24) is 5.32 Å². The summed E-state index contributed by atoms with van der Waals surface area (Å²) in [5.74, 6) is -0.0901. The smallest absolute Gasteiger partial charge is 0.305 e. The van der Waals surface area contributed by atoms with Gasteiger partial charge in [-0.1, -0.05) is 31.2 Å². The van der Waals surface area contributed by atoms with E-state index in [1.54, 1.807) is 0 Å². The zero-order chi connectivity index (χ0) is 13.2. The minimum atomic E-state index is -0.0901. The van der Waals surface area contributed by atoms with Gasteiger partial charge in [-0.3, -0.25) is 4.79 Å². The van der Waals surface area contributed by atoms with Crippen LogP contribution in [0, 0.1) is 0 Å². The van der Waals surface area contributed by atoms with Gasteiger partial charge in [0, 0.05) is 25.1 Å². The highest BCUT2D eigenvalue weighted by molar-refractivity contribution is 5.69. The molecule has 3 heteroatoms. The number of carbonyl (C=O) groups excluding carboxylic acids is 1. The van der Waals surface area contributed by atoms with Crippen LogP contribution in [0.4, 0.5) is 0 Å². The van der Waals surface area contributed by atoms with E-state index in [1.165, 1.54) is 16.0 Å². The van der Waals surface area contributed by atoms with Gasteiger partial charge in [-0.25, -0.2) is 0 Å². The van der Waals surface area contributed by atoms with Crippen molar-refractivity contribution < 1.29 is 9.53 Å². The van der Waals surface area contributed by atoms with Gasteiger partial charge in [0.25, 0.3) is 0 Å². The average molecular weight is 257 g/mol. The quantitative estimate of drug-likeness (QED) is 0.805. The minimum absolute atomic E-state index is 0.0478. The molecule has 100 valence electrons. The molecule has 3 nitrogen and oxygen atoms in total. The lowest BCUT2D eigenvalue weighted by Gasteiger charge is -2.33. The van der Waals surface area contributed by atoms with Crippen LogP contribution < -0.4 is 15.8 Å². The molecular weight excluding hydrogens is 238 g/mol. The van der Waals surface area contributed by atoms with Gasteiger partial charge in [-0.05, 0) is 28.9 Å². The van der Waals surface area contributed by atoms with E-state index >= 15 is 0 Å². The van der Waals surface area contributed by atoms with E-state index in [2.05, 4.69) is 35.8 Å². The maximum Gasteiger partial charge on any atom is 0.305 e. The second kappa shape index (κ2) is 5.08. The van der Waals surface area contributed by atoms with Crippen molar-refractivity contribution in [3.05, 3.63) is 34.7 Å². The first-order chi connectivity index (χ1) is 9.28. The summed E-state index contributed by atoms with van der Waals surface area (Å²) in [5.41, 5.74) is 1.39. The molecule has 0 aromatic heterocycles. The average Bonchev–Trinajstić information content (AvgIpc) is 2.47. The van der Waals surface area contributed by atoms with E-state index in [0.717, 1.165) is 19.3 Å². The van der Waals surface area contributed by atoms with E-state index in [0.29, 0.717) is 12.5 Å². The van der Waals surface area contributed by atoms with Crippen molar-refractivity contribution in [2.24, 2.45) is 0 Å². The van der Waals surface area contributed by atoms with Crippen LogP contribution in [0.15, 0.2) is 24.3 Å². The van der Waals surface area contributed by atoms with Crippen molar-refractivity contribution in [2.45, 2.75) is 44.8 Å². The van der Waals surface area contributed by atoms with E-state index in [1.807, 2.05) is 6.92 Å². The minimum Gasteiger partial charge on any atom is -0.462 e. The second-order valence-electron chi connectivity index (χ2n) is 5.22. The Morgan fingerprint density at radius 2 is 2.21 bits per heavy atom. The van der Waals surface area contributed by atoms with Gasteiger partial charge in [-0.2, -0.15) is 0 Å². The Morgan fingerprint density at radius 3 is 3.05 bits per heavy atom. The Labute approximate surface area is 113 Å². The third-order valence-electron chi connectivity index (χ3n) is 3.98. The molecule has 0 radical (unpaired) electrons. The Morgan fingerprint density at radius 1 is 1.37 bits per heavy atom. The van der Waals surface area contributed by atoms with Gasteiger partial charge >= 0.3 is 5.97 Å². The predicted octanol–water partition coefficient (Wildman–Crippen LogP) is 1.05. The molecular formula is C16H19NO2. The number of nitrogens with one attached hydrogen (secondary N) is 1. The maximum atomic E-state index is 11.4. The lowest BCUT2D eigenvalue weighted by Crippen LogP contribution is -2.46. The molecule has 0 bridgehead atoms. The first kappa shape index (κ1) is 12.3. The van der Waals surface area contributed by atoms with Gasteiger partial charge in [-0.15, -0.1) is 0 Å². The molecule has 3 rings (SSSR count). The second-order valence-corrected chi connectivity index (χ2v) is 5.22. The van der Waals surface area contributed by atoms with E-state index in [-0.39, 0.29) is 12.1 Å². The van der Waals surface area contributed by atoms with Crippen LogP contribution in [0.3, 0.4) is 0 Å². The summed E-state index contributed by atoms with van der Waals surface area (Å²) in [6.07, 6.45) is 5.44. The molecule has 0 saturated heterocycles. The summed E-state index contributed by atoms with van der Waals surface area (Å²) in [5, 5.41) is 6.00. The molecule has 1 heterocycles. The molecule has 1 fully saturated rings. The van der Waals surface area contributed by atoms with Crippen LogP contribution in [-0.4, -0.2) is 18.1 Å². The zero-order valence-electron chi connectivity index (χ0n) is 11.2. The summed E-state index contributed by atoms with van der Waals surface area (Å²) in [4.78, 5) is 11.4. The summed E-state index contributed by atoms with van der Waals surface area (Å²) in [6, 6.07) is 8.82. The van der Waals surface area contributed by atoms with Crippen molar-refractivity contribution >= 4 is 17.7 Å². The fourth-order valence-corrected chi connectivity index (χ4v) is 2.97. The molecule has 1 aromatic carbocycles. The normalized spacial score (nSPS) is 24.6. The van der Waals surface area contributed by atoms with Crippen molar-refractivity contribution in [3.8, 4) is 0 Å². The number of benzene rings is 1. The van der Waals surface area contributed by atoms with Gasteiger partial charge in [0.2, 0.25) is 0 Å². The lowest BCUT2D eigenvalue weighted by molar-refractivity contribution is -0.149. The molecule has 19 heavy (non-hydrogen) atoms. The Bertz CT molecular complexity index is 605. The van der Waals surface area contributed by atoms with Crippen LogP contribution in [0.1, 0.15) is 32.6 Å². The number of esters is 1.